The van der Waals surface area contributed by atoms with E-state index in [1.807, 2.05) is 55.5 Å². The molecule has 0 aliphatic rings. The average molecular weight is 551 g/mol. The highest BCUT2D eigenvalue weighted by Crippen LogP contribution is 2.22. The fourth-order valence-electron chi connectivity index (χ4n) is 4.47. The number of ether oxygens (including phenoxy) is 1. The topological polar surface area (TPSA) is 105 Å². The standard InChI is InChI=1S/C34H34N2O5/c1-24(22-25-10-4-2-5-11-25)33(38)35-20-21-41-28-18-16-26(17-19-28)23-31(34(39)40)36-30-15-9-8-14-29(30)32(37)27-12-6-3-7-13-27/h2-19,24,31,36H,20-23H2,1H3,(H,35,38)(H,39,40). The lowest BCUT2D eigenvalue weighted by atomic mass is 10.00. The third-order valence-corrected chi connectivity index (χ3v) is 6.70. The van der Waals surface area contributed by atoms with Crippen LogP contribution < -0.4 is 15.4 Å². The maximum Gasteiger partial charge on any atom is 0.326 e. The largest absolute Gasteiger partial charge is 0.492 e. The Kier molecular flexibility index (Phi) is 10.3. The van der Waals surface area contributed by atoms with Crippen molar-refractivity contribution in [1.82, 2.24) is 5.32 Å². The summed E-state index contributed by atoms with van der Waals surface area (Å²) >= 11 is 0. The number of rotatable bonds is 14. The Hall–Kier alpha value is -4.91. The summed E-state index contributed by atoms with van der Waals surface area (Å²) in [6.07, 6.45) is 0.884. The second kappa shape index (κ2) is 14.5. The number of anilines is 1. The fourth-order valence-corrected chi connectivity index (χ4v) is 4.47. The number of benzene rings is 4. The van der Waals surface area contributed by atoms with E-state index in [0.717, 1.165) is 11.1 Å². The number of carbonyl (C=O) groups is 3. The normalized spacial score (nSPS) is 12.1. The van der Waals surface area contributed by atoms with E-state index >= 15 is 0 Å². The molecule has 0 saturated carbocycles. The Balaban J connectivity index is 1.28. The van der Waals surface area contributed by atoms with Crippen LogP contribution in [0.2, 0.25) is 0 Å². The smallest absolute Gasteiger partial charge is 0.326 e. The number of nitrogens with one attached hydrogen (secondary N) is 2. The van der Waals surface area contributed by atoms with Crippen molar-refractivity contribution in [2.45, 2.75) is 25.8 Å². The van der Waals surface area contributed by atoms with Crippen molar-refractivity contribution < 1.29 is 24.2 Å². The molecule has 4 rings (SSSR count). The number of carboxylic acid groups (broad SMARTS) is 1. The van der Waals surface area contributed by atoms with Gasteiger partial charge in [-0.25, -0.2) is 4.79 Å². The van der Waals surface area contributed by atoms with Crippen LogP contribution in [-0.2, 0) is 22.4 Å². The molecule has 0 heterocycles. The van der Waals surface area contributed by atoms with E-state index < -0.39 is 12.0 Å². The summed E-state index contributed by atoms with van der Waals surface area (Å²) < 4.78 is 5.76. The van der Waals surface area contributed by atoms with Crippen LogP contribution in [0.15, 0.2) is 109 Å². The van der Waals surface area contributed by atoms with E-state index in [2.05, 4.69) is 10.6 Å². The van der Waals surface area contributed by atoms with Crippen LogP contribution in [0.25, 0.3) is 0 Å². The fraction of sp³-hybridized carbons (Fsp3) is 0.206. The third kappa shape index (κ3) is 8.54. The predicted octanol–water partition coefficient (Wildman–Crippen LogP) is 5.40. The van der Waals surface area contributed by atoms with Crippen LogP contribution in [-0.4, -0.2) is 42.0 Å². The molecule has 41 heavy (non-hydrogen) atoms. The van der Waals surface area contributed by atoms with E-state index in [9.17, 15) is 19.5 Å². The molecule has 2 atom stereocenters. The minimum absolute atomic E-state index is 0.0212. The Morgan fingerprint density at radius 2 is 1.37 bits per heavy atom. The molecule has 0 aliphatic carbocycles. The monoisotopic (exact) mass is 550 g/mol. The molecule has 4 aromatic carbocycles. The minimum atomic E-state index is -1.02. The van der Waals surface area contributed by atoms with E-state index in [1.165, 1.54) is 0 Å². The van der Waals surface area contributed by atoms with Crippen molar-refractivity contribution in [3.63, 3.8) is 0 Å². The average Bonchev–Trinajstić information content (AvgIpc) is 3.00. The molecule has 0 fully saturated rings. The highest BCUT2D eigenvalue weighted by molar-refractivity contribution is 6.12. The van der Waals surface area contributed by atoms with Gasteiger partial charge < -0.3 is 20.5 Å². The van der Waals surface area contributed by atoms with Crippen LogP contribution >= 0.6 is 0 Å². The van der Waals surface area contributed by atoms with Gasteiger partial charge in [-0.15, -0.1) is 0 Å². The molecule has 0 aromatic heterocycles. The number of carboxylic acids is 1. The zero-order valence-corrected chi connectivity index (χ0v) is 23.0. The molecule has 1 amide bonds. The van der Waals surface area contributed by atoms with Gasteiger partial charge in [0.15, 0.2) is 5.78 Å². The number of aliphatic carboxylic acids is 1. The number of carbonyl (C=O) groups excluding carboxylic acids is 2. The molecule has 0 aliphatic heterocycles. The number of ketones is 1. The molecular weight excluding hydrogens is 516 g/mol. The van der Waals surface area contributed by atoms with Gasteiger partial charge in [0.25, 0.3) is 0 Å². The molecule has 2 unspecified atom stereocenters. The molecule has 0 spiro atoms. The van der Waals surface area contributed by atoms with Crippen LogP contribution in [0, 0.1) is 5.92 Å². The maximum absolute atomic E-state index is 13.0. The van der Waals surface area contributed by atoms with Crippen molar-refractivity contribution in [2.75, 3.05) is 18.5 Å². The van der Waals surface area contributed by atoms with Gasteiger partial charge >= 0.3 is 5.97 Å². The third-order valence-electron chi connectivity index (χ3n) is 6.70. The lowest BCUT2D eigenvalue weighted by molar-refractivity contribution is -0.137. The zero-order chi connectivity index (χ0) is 29.0. The summed E-state index contributed by atoms with van der Waals surface area (Å²) in [4.78, 5) is 37.5. The molecule has 0 radical (unpaired) electrons. The predicted molar refractivity (Wildman–Crippen MR) is 159 cm³/mol. The van der Waals surface area contributed by atoms with Gasteiger partial charge in [-0.05, 0) is 41.8 Å². The highest BCUT2D eigenvalue weighted by atomic mass is 16.5. The number of hydrogen-bond donors (Lipinski definition) is 3. The Morgan fingerprint density at radius 3 is 2.05 bits per heavy atom. The molecule has 0 saturated heterocycles. The molecule has 210 valence electrons. The second-order valence-electron chi connectivity index (χ2n) is 9.85. The van der Waals surface area contributed by atoms with Crippen molar-refractivity contribution in [3.05, 3.63) is 131 Å². The first kappa shape index (κ1) is 29.1. The summed E-state index contributed by atoms with van der Waals surface area (Å²) in [5.41, 5.74) is 3.33. The molecule has 3 N–H and O–H groups in total. The summed E-state index contributed by atoms with van der Waals surface area (Å²) in [5.74, 6) is -0.743. The van der Waals surface area contributed by atoms with Crippen LogP contribution in [0.5, 0.6) is 5.75 Å². The molecule has 4 aromatic rings. The quantitative estimate of drug-likeness (QED) is 0.143. The van der Waals surface area contributed by atoms with Crippen LogP contribution in [0.4, 0.5) is 5.69 Å². The van der Waals surface area contributed by atoms with Crippen molar-refractivity contribution in [1.29, 1.82) is 0 Å². The first-order chi connectivity index (χ1) is 19.9. The highest BCUT2D eigenvalue weighted by Gasteiger charge is 2.21. The van der Waals surface area contributed by atoms with Crippen molar-refractivity contribution in [2.24, 2.45) is 5.92 Å². The van der Waals surface area contributed by atoms with E-state index in [-0.39, 0.29) is 24.0 Å². The van der Waals surface area contributed by atoms with Gasteiger partial charge in [0, 0.05) is 29.2 Å². The number of amides is 1. The van der Waals surface area contributed by atoms with Gasteiger partial charge in [0.1, 0.15) is 18.4 Å². The second-order valence-corrected chi connectivity index (χ2v) is 9.85. The maximum atomic E-state index is 13.0. The Bertz CT molecular complexity index is 1440. The SMILES string of the molecule is CC(Cc1ccccc1)C(=O)NCCOc1ccc(CC(Nc2ccccc2C(=O)c2ccccc2)C(=O)O)cc1. The number of para-hydroxylation sites is 1. The lowest BCUT2D eigenvalue weighted by Gasteiger charge is -2.18. The molecular formula is C34H34N2O5. The molecule has 7 heteroatoms. The number of hydrogen-bond acceptors (Lipinski definition) is 5. The first-order valence-corrected chi connectivity index (χ1v) is 13.6. The van der Waals surface area contributed by atoms with Crippen molar-refractivity contribution >= 4 is 23.3 Å². The van der Waals surface area contributed by atoms with E-state index in [4.69, 9.17) is 4.74 Å². The zero-order valence-electron chi connectivity index (χ0n) is 23.0. The minimum Gasteiger partial charge on any atom is -0.492 e. The van der Waals surface area contributed by atoms with Gasteiger partial charge in [-0.2, -0.15) is 0 Å². The Labute approximate surface area is 240 Å². The van der Waals surface area contributed by atoms with E-state index in [0.29, 0.717) is 42.1 Å². The van der Waals surface area contributed by atoms with Crippen LogP contribution in [0.1, 0.15) is 34.0 Å². The van der Waals surface area contributed by atoms with Crippen LogP contribution in [0.3, 0.4) is 0 Å². The molecule has 7 nitrogen and oxygen atoms in total. The summed E-state index contributed by atoms with van der Waals surface area (Å²) in [7, 11) is 0. The summed E-state index contributed by atoms with van der Waals surface area (Å²) in [5, 5.41) is 15.9. The summed E-state index contributed by atoms with van der Waals surface area (Å²) in [6.45, 7) is 2.60. The van der Waals surface area contributed by atoms with Gasteiger partial charge in [0.05, 0.1) is 6.54 Å². The molecule has 0 bridgehead atoms. The van der Waals surface area contributed by atoms with Gasteiger partial charge in [-0.3, -0.25) is 9.59 Å². The summed E-state index contributed by atoms with van der Waals surface area (Å²) in [6, 6.07) is 32.0. The van der Waals surface area contributed by atoms with Gasteiger partial charge in [0.2, 0.25) is 5.91 Å². The Morgan fingerprint density at radius 1 is 0.756 bits per heavy atom. The van der Waals surface area contributed by atoms with Crippen molar-refractivity contribution in [3.8, 4) is 5.75 Å². The lowest BCUT2D eigenvalue weighted by Crippen LogP contribution is -2.33. The van der Waals surface area contributed by atoms with Gasteiger partial charge in [-0.1, -0.05) is 91.9 Å². The van der Waals surface area contributed by atoms with E-state index in [1.54, 1.807) is 60.7 Å². The first-order valence-electron chi connectivity index (χ1n) is 13.6.